The predicted octanol–water partition coefficient (Wildman–Crippen LogP) is 5.98. The van der Waals surface area contributed by atoms with Gasteiger partial charge in [0, 0.05) is 42.8 Å². The smallest absolute Gasteiger partial charge is 0.225 e. The second kappa shape index (κ2) is 8.63. The van der Waals surface area contributed by atoms with Crippen LogP contribution >= 0.6 is 0 Å². The average molecular weight is 486 g/mol. The number of H-pyrrole nitrogens is 1. The van der Waals surface area contributed by atoms with Gasteiger partial charge in [-0.05, 0) is 72.0 Å². The number of aromatic amines is 1. The molecular weight excluding hydrogens is 458 g/mol. The minimum atomic E-state index is 0.262. The van der Waals surface area contributed by atoms with E-state index in [-0.39, 0.29) is 5.92 Å². The number of aromatic nitrogens is 3. The van der Waals surface area contributed by atoms with Crippen LogP contribution in [-0.4, -0.2) is 38.4 Å². The van der Waals surface area contributed by atoms with Crippen LogP contribution in [0.1, 0.15) is 24.8 Å². The minimum Gasteiger partial charge on any atom is -0.361 e. The van der Waals surface area contributed by atoms with Gasteiger partial charge in [0.1, 0.15) is 17.4 Å². The highest BCUT2D eigenvalue weighted by molar-refractivity contribution is 5.87. The molecule has 6 heteroatoms. The van der Waals surface area contributed by atoms with Crippen LogP contribution < -0.4 is 0 Å². The van der Waals surface area contributed by atoms with Crippen LogP contribution in [0.25, 0.3) is 44.5 Å². The Bertz CT molecular complexity index is 1680. The number of imidazole rings is 1. The molecule has 3 heterocycles. The molecule has 0 spiro atoms. The van der Waals surface area contributed by atoms with Gasteiger partial charge in [-0.25, -0.2) is 4.98 Å². The van der Waals surface area contributed by atoms with E-state index in [9.17, 15) is 10.1 Å². The molecule has 1 aliphatic carbocycles. The zero-order valence-corrected chi connectivity index (χ0v) is 20.5. The molecule has 1 saturated heterocycles. The number of amides is 1. The Morgan fingerprint density at radius 3 is 2.62 bits per heavy atom. The first-order valence-corrected chi connectivity index (χ1v) is 13.0. The Morgan fingerprint density at radius 2 is 1.81 bits per heavy atom. The van der Waals surface area contributed by atoms with Crippen LogP contribution in [0, 0.1) is 23.2 Å². The van der Waals surface area contributed by atoms with Gasteiger partial charge >= 0.3 is 0 Å². The van der Waals surface area contributed by atoms with Crippen molar-refractivity contribution in [3.05, 3.63) is 78.5 Å². The number of para-hydroxylation sites is 1. The summed E-state index contributed by atoms with van der Waals surface area (Å²) in [5.74, 6) is 1.84. The van der Waals surface area contributed by atoms with Crippen molar-refractivity contribution in [2.45, 2.75) is 25.8 Å². The fourth-order valence-electron chi connectivity index (χ4n) is 5.72. The SMILES string of the molecule is N#Cc1cccc2c1nc(-c1ccc(-c3ccc4[nH]ccc4c3)cc1)n2C[C@@H]1CCN(C(=O)C2CC2)C1. The van der Waals surface area contributed by atoms with E-state index in [4.69, 9.17) is 4.98 Å². The molecule has 2 aliphatic rings. The number of rotatable bonds is 5. The highest BCUT2D eigenvalue weighted by Crippen LogP contribution is 2.35. The summed E-state index contributed by atoms with van der Waals surface area (Å²) in [6.07, 6.45) is 5.05. The van der Waals surface area contributed by atoms with Crippen LogP contribution in [0.2, 0.25) is 0 Å². The van der Waals surface area contributed by atoms with Gasteiger partial charge in [-0.1, -0.05) is 36.4 Å². The second-order valence-electron chi connectivity index (χ2n) is 10.4. The van der Waals surface area contributed by atoms with E-state index in [1.165, 1.54) is 10.9 Å². The normalized spacial score (nSPS) is 17.5. The number of carbonyl (C=O) groups excluding carboxylic acids is 1. The lowest BCUT2D eigenvalue weighted by atomic mass is 10.0. The molecule has 1 atom stereocenters. The standard InChI is InChI=1S/C31H27N5O/c32-17-26-2-1-3-28-29(26)34-30(36(28)19-20-13-15-35(18-20)31(37)23-8-9-23)22-6-4-21(5-7-22)24-10-11-27-25(16-24)12-14-33-27/h1-7,10-12,14,16,20,23,33H,8-9,13,15,18-19H2/t20-/m1/s1. The fraction of sp³-hybridized carbons (Fsp3) is 0.258. The maximum Gasteiger partial charge on any atom is 0.225 e. The third-order valence-electron chi connectivity index (χ3n) is 7.89. The molecule has 5 aromatic rings. The Labute approximate surface area is 215 Å². The number of likely N-dealkylation sites (tertiary alicyclic amines) is 1. The zero-order valence-electron chi connectivity index (χ0n) is 20.5. The molecule has 0 unspecified atom stereocenters. The number of fused-ring (bicyclic) bond motifs is 2. The molecule has 1 amide bonds. The van der Waals surface area contributed by atoms with Crippen molar-refractivity contribution >= 4 is 27.8 Å². The van der Waals surface area contributed by atoms with Gasteiger partial charge in [0.05, 0.1) is 11.1 Å². The van der Waals surface area contributed by atoms with E-state index in [2.05, 4.69) is 75.1 Å². The molecule has 1 saturated carbocycles. The average Bonchev–Trinajstić information content (AvgIpc) is 3.32. The first-order valence-electron chi connectivity index (χ1n) is 13.0. The summed E-state index contributed by atoms with van der Waals surface area (Å²) in [7, 11) is 0. The summed E-state index contributed by atoms with van der Waals surface area (Å²) in [4.78, 5) is 22.9. The molecule has 6 nitrogen and oxygen atoms in total. The summed E-state index contributed by atoms with van der Waals surface area (Å²) >= 11 is 0. The third-order valence-corrected chi connectivity index (χ3v) is 7.89. The van der Waals surface area contributed by atoms with Gasteiger partial charge in [-0.15, -0.1) is 0 Å². The highest BCUT2D eigenvalue weighted by atomic mass is 16.2. The first kappa shape index (κ1) is 21.9. The Kier molecular flexibility index (Phi) is 5.10. The molecule has 7 rings (SSSR count). The maximum absolute atomic E-state index is 12.6. The third kappa shape index (κ3) is 3.88. The van der Waals surface area contributed by atoms with Crippen molar-refractivity contribution in [1.82, 2.24) is 19.4 Å². The maximum atomic E-state index is 12.6. The topological polar surface area (TPSA) is 77.7 Å². The monoisotopic (exact) mass is 485 g/mol. The second-order valence-corrected chi connectivity index (χ2v) is 10.4. The van der Waals surface area contributed by atoms with Crippen LogP contribution in [0.15, 0.2) is 72.9 Å². The van der Waals surface area contributed by atoms with Crippen LogP contribution in [0.4, 0.5) is 0 Å². The summed E-state index contributed by atoms with van der Waals surface area (Å²) in [6, 6.07) is 25.2. The van der Waals surface area contributed by atoms with Gasteiger partial charge in [0.15, 0.2) is 0 Å². The van der Waals surface area contributed by atoms with E-state index in [0.717, 1.165) is 72.4 Å². The van der Waals surface area contributed by atoms with Gasteiger partial charge in [0.2, 0.25) is 5.91 Å². The fourth-order valence-corrected chi connectivity index (χ4v) is 5.72. The molecule has 3 aromatic carbocycles. The molecule has 2 fully saturated rings. The summed E-state index contributed by atoms with van der Waals surface area (Å²) < 4.78 is 2.26. The number of carbonyl (C=O) groups is 1. The molecule has 0 bridgehead atoms. The van der Waals surface area contributed by atoms with Crippen LogP contribution in [0.5, 0.6) is 0 Å². The molecule has 182 valence electrons. The number of nitriles is 1. The molecule has 0 radical (unpaired) electrons. The number of nitrogens with zero attached hydrogens (tertiary/aromatic N) is 4. The number of hydrogen-bond donors (Lipinski definition) is 1. The molecule has 37 heavy (non-hydrogen) atoms. The first-order chi connectivity index (χ1) is 18.2. The summed E-state index contributed by atoms with van der Waals surface area (Å²) in [5.41, 5.74) is 6.78. The predicted molar refractivity (Wildman–Crippen MR) is 145 cm³/mol. The van der Waals surface area contributed by atoms with Crippen molar-refractivity contribution in [3.63, 3.8) is 0 Å². The Balaban J connectivity index is 1.23. The molecule has 2 aromatic heterocycles. The van der Waals surface area contributed by atoms with Gasteiger partial charge in [0.25, 0.3) is 0 Å². The van der Waals surface area contributed by atoms with Crippen LogP contribution in [-0.2, 0) is 11.3 Å². The molecule has 1 N–H and O–H groups in total. The van der Waals surface area contributed by atoms with Crippen molar-refractivity contribution in [3.8, 4) is 28.6 Å². The Hall–Kier alpha value is -4.37. The highest BCUT2D eigenvalue weighted by Gasteiger charge is 2.36. The van der Waals surface area contributed by atoms with Gasteiger partial charge in [-0.3, -0.25) is 4.79 Å². The quantitative estimate of drug-likeness (QED) is 0.333. The molecule has 1 aliphatic heterocycles. The minimum absolute atomic E-state index is 0.262. The van der Waals surface area contributed by atoms with E-state index in [1.807, 2.05) is 18.3 Å². The number of benzene rings is 3. The zero-order chi connectivity index (χ0) is 24.9. The van der Waals surface area contributed by atoms with E-state index in [0.29, 0.717) is 17.4 Å². The van der Waals surface area contributed by atoms with Crippen LogP contribution in [0.3, 0.4) is 0 Å². The van der Waals surface area contributed by atoms with E-state index < -0.39 is 0 Å². The van der Waals surface area contributed by atoms with Crippen molar-refractivity contribution in [2.24, 2.45) is 11.8 Å². The lowest BCUT2D eigenvalue weighted by Crippen LogP contribution is -2.30. The van der Waals surface area contributed by atoms with E-state index >= 15 is 0 Å². The van der Waals surface area contributed by atoms with Crippen molar-refractivity contribution in [1.29, 1.82) is 5.26 Å². The Morgan fingerprint density at radius 1 is 1.00 bits per heavy atom. The van der Waals surface area contributed by atoms with Crippen molar-refractivity contribution in [2.75, 3.05) is 13.1 Å². The summed E-state index contributed by atoms with van der Waals surface area (Å²) in [5, 5.41) is 10.9. The van der Waals surface area contributed by atoms with Gasteiger partial charge in [-0.2, -0.15) is 5.26 Å². The van der Waals surface area contributed by atoms with Gasteiger partial charge < -0.3 is 14.5 Å². The number of hydrogen-bond acceptors (Lipinski definition) is 3. The lowest BCUT2D eigenvalue weighted by Gasteiger charge is -2.18. The number of nitrogens with one attached hydrogen (secondary N) is 1. The largest absolute Gasteiger partial charge is 0.361 e. The molecular formula is C31H27N5O. The van der Waals surface area contributed by atoms with E-state index in [1.54, 1.807) is 0 Å². The van der Waals surface area contributed by atoms with Crippen molar-refractivity contribution < 1.29 is 4.79 Å². The lowest BCUT2D eigenvalue weighted by molar-refractivity contribution is -0.131. The summed E-state index contributed by atoms with van der Waals surface area (Å²) in [6.45, 7) is 2.42.